The Labute approximate surface area is 161 Å². The molecule has 0 saturated carbocycles. The molecule has 0 unspecified atom stereocenters. The molecular weight excluding hydrogens is 342 g/mol. The van der Waals surface area contributed by atoms with E-state index in [4.69, 9.17) is 9.97 Å². The quantitative estimate of drug-likeness (QED) is 0.383. The van der Waals surface area contributed by atoms with Crippen molar-refractivity contribution in [1.82, 2.24) is 14.5 Å². The fourth-order valence-electron chi connectivity index (χ4n) is 4.14. The van der Waals surface area contributed by atoms with Crippen LogP contribution in [0.15, 0.2) is 91.0 Å². The van der Waals surface area contributed by atoms with Gasteiger partial charge in [-0.1, -0.05) is 72.8 Å². The Kier molecular flexibility index (Phi) is 3.23. The van der Waals surface area contributed by atoms with Crippen LogP contribution in [-0.2, 0) is 6.54 Å². The highest BCUT2D eigenvalue weighted by Gasteiger charge is 2.15. The molecule has 28 heavy (non-hydrogen) atoms. The average Bonchev–Trinajstić information content (AvgIpc) is 3.05. The minimum atomic E-state index is 0.762. The third-order valence-corrected chi connectivity index (χ3v) is 5.47. The van der Waals surface area contributed by atoms with Gasteiger partial charge in [0.2, 0.25) is 0 Å². The second kappa shape index (κ2) is 5.89. The van der Waals surface area contributed by atoms with Crippen molar-refractivity contribution in [1.29, 1.82) is 0 Å². The largest absolute Gasteiger partial charge is 0.319 e. The number of benzene rings is 4. The number of hydrogen-bond donors (Lipinski definition) is 0. The Hall–Kier alpha value is -3.72. The molecule has 0 bridgehead atoms. The first-order valence-corrected chi connectivity index (χ1v) is 9.49. The van der Waals surface area contributed by atoms with E-state index in [2.05, 4.69) is 71.3 Å². The molecule has 2 heterocycles. The fourth-order valence-corrected chi connectivity index (χ4v) is 4.14. The van der Waals surface area contributed by atoms with Crippen LogP contribution in [0.25, 0.3) is 43.9 Å². The van der Waals surface area contributed by atoms with E-state index >= 15 is 0 Å². The minimum Gasteiger partial charge on any atom is -0.319 e. The maximum absolute atomic E-state index is 4.99. The maximum Gasteiger partial charge on any atom is 0.160 e. The van der Waals surface area contributed by atoms with E-state index < -0.39 is 0 Å². The van der Waals surface area contributed by atoms with Crippen molar-refractivity contribution in [2.45, 2.75) is 6.54 Å². The Morgan fingerprint density at radius 2 is 1.29 bits per heavy atom. The lowest BCUT2D eigenvalue weighted by atomic mass is 10.0. The molecule has 0 aliphatic rings. The Bertz CT molecular complexity index is 1490. The third-order valence-electron chi connectivity index (χ3n) is 5.47. The first-order chi connectivity index (χ1) is 13.9. The van der Waals surface area contributed by atoms with E-state index in [1.165, 1.54) is 21.9 Å². The lowest BCUT2D eigenvalue weighted by Gasteiger charge is -2.10. The molecule has 0 N–H and O–H groups in total. The molecule has 132 valence electrons. The van der Waals surface area contributed by atoms with Crippen LogP contribution in [0.3, 0.4) is 0 Å². The summed E-state index contributed by atoms with van der Waals surface area (Å²) in [5, 5.41) is 3.69. The number of fused-ring (bicyclic) bond motifs is 5. The van der Waals surface area contributed by atoms with Crippen molar-refractivity contribution in [2.24, 2.45) is 0 Å². The highest BCUT2D eigenvalue weighted by molar-refractivity contribution is 6.06. The van der Waals surface area contributed by atoms with E-state index in [1.54, 1.807) is 0 Å². The zero-order valence-electron chi connectivity index (χ0n) is 15.2. The minimum absolute atomic E-state index is 0.762. The van der Waals surface area contributed by atoms with Crippen molar-refractivity contribution in [2.75, 3.05) is 0 Å². The zero-order chi connectivity index (χ0) is 18.5. The van der Waals surface area contributed by atoms with E-state index in [-0.39, 0.29) is 0 Å². The van der Waals surface area contributed by atoms with E-state index in [1.807, 2.05) is 24.3 Å². The maximum atomic E-state index is 4.99. The second-order valence-corrected chi connectivity index (χ2v) is 7.13. The molecule has 3 nitrogen and oxygen atoms in total. The predicted octanol–water partition coefficient (Wildman–Crippen LogP) is 5.94. The van der Waals surface area contributed by atoms with Gasteiger partial charge in [-0.15, -0.1) is 0 Å². The molecule has 6 aromatic rings. The van der Waals surface area contributed by atoms with Crippen LogP contribution < -0.4 is 0 Å². The molecule has 3 heteroatoms. The van der Waals surface area contributed by atoms with Crippen LogP contribution in [0.5, 0.6) is 0 Å². The van der Waals surface area contributed by atoms with Crippen molar-refractivity contribution < 1.29 is 0 Å². The summed E-state index contributed by atoms with van der Waals surface area (Å²) in [5.74, 6) is 0. The highest BCUT2D eigenvalue weighted by atomic mass is 15.1. The molecule has 0 aliphatic heterocycles. The van der Waals surface area contributed by atoms with Crippen molar-refractivity contribution in [3.8, 4) is 0 Å². The molecule has 0 saturated heterocycles. The monoisotopic (exact) mass is 359 g/mol. The normalized spacial score (nSPS) is 11.7. The molecule has 0 atom stereocenters. The second-order valence-electron chi connectivity index (χ2n) is 7.13. The van der Waals surface area contributed by atoms with Gasteiger partial charge in [-0.3, -0.25) is 0 Å². The molecule has 2 aromatic heterocycles. The standard InChI is InChI=1S/C25H17N3/c1-2-11-19-17(8-1)9-7-10-18(19)16-28-23-15-6-3-12-20(23)24-25(28)27-22-14-5-4-13-21(22)26-24/h1-15H,16H2. The molecule has 0 aliphatic carbocycles. The summed E-state index contributed by atoms with van der Waals surface area (Å²) >= 11 is 0. The SMILES string of the molecule is c1ccc2c(Cn3c4ccccc4c4nc5ccccc5nc43)cccc2c1. The predicted molar refractivity (Wildman–Crippen MR) is 116 cm³/mol. The van der Waals surface area contributed by atoms with Gasteiger partial charge in [-0.05, 0) is 34.5 Å². The summed E-state index contributed by atoms with van der Waals surface area (Å²) in [6.07, 6.45) is 0. The average molecular weight is 359 g/mol. The van der Waals surface area contributed by atoms with Gasteiger partial charge in [-0.2, -0.15) is 0 Å². The van der Waals surface area contributed by atoms with Crippen LogP contribution in [0.4, 0.5) is 0 Å². The molecule has 4 aromatic carbocycles. The topological polar surface area (TPSA) is 30.7 Å². The number of para-hydroxylation sites is 3. The van der Waals surface area contributed by atoms with Crippen LogP contribution in [0, 0.1) is 0 Å². The van der Waals surface area contributed by atoms with Crippen molar-refractivity contribution in [3.63, 3.8) is 0 Å². The lowest BCUT2D eigenvalue weighted by molar-refractivity contribution is 0.864. The van der Waals surface area contributed by atoms with E-state index in [9.17, 15) is 0 Å². The van der Waals surface area contributed by atoms with Gasteiger partial charge < -0.3 is 4.57 Å². The van der Waals surface area contributed by atoms with Crippen molar-refractivity contribution in [3.05, 3.63) is 96.6 Å². The van der Waals surface area contributed by atoms with E-state index in [0.717, 1.165) is 34.1 Å². The van der Waals surface area contributed by atoms with Crippen molar-refractivity contribution >= 4 is 43.9 Å². The van der Waals surface area contributed by atoms with Gasteiger partial charge in [0.05, 0.1) is 23.1 Å². The summed E-state index contributed by atoms with van der Waals surface area (Å²) in [5.41, 5.74) is 6.22. The molecular formula is C25H17N3. The van der Waals surface area contributed by atoms with Gasteiger partial charge in [0.25, 0.3) is 0 Å². The Balaban J connectivity index is 1.67. The van der Waals surface area contributed by atoms with Gasteiger partial charge in [-0.25, -0.2) is 9.97 Å². The number of aromatic nitrogens is 3. The van der Waals surface area contributed by atoms with Crippen LogP contribution in [0.1, 0.15) is 5.56 Å². The molecule has 0 spiro atoms. The van der Waals surface area contributed by atoms with Crippen LogP contribution >= 0.6 is 0 Å². The summed E-state index contributed by atoms with van der Waals surface area (Å²) in [4.78, 5) is 9.94. The van der Waals surface area contributed by atoms with Gasteiger partial charge in [0, 0.05) is 5.39 Å². The Morgan fingerprint density at radius 1 is 0.607 bits per heavy atom. The lowest BCUT2D eigenvalue weighted by Crippen LogP contribution is -2.01. The first kappa shape index (κ1) is 15.3. The number of rotatable bonds is 2. The van der Waals surface area contributed by atoms with Gasteiger partial charge >= 0.3 is 0 Å². The number of hydrogen-bond acceptors (Lipinski definition) is 2. The van der Waals surface area contributed by atoms with E-state index in [0.29, 0.717) is 0 Å². The first-order valence-electron chi connectivity index (χ1n) is 9.49. The third kappa shape index (κ3) is 2.23. The highest BCUT2D eigenvalue weighted by Crippen LogP contribution is 2.30. The summed E-state index contributed by atoms with van der Waals surface area (Å²) in [6.45, 7) is 0.762. The fraction of sp³-hybridized carbons (Fsp3) is 0.0400. The summed E-state index contributed by atoms with van der Waals surface area (Å²) in [7, 11) is 0. The van der Waals surface area contributed by atoms with Gasteiger partial charge in [0.1, 0.15) is 5.52 Å². The van der Waals surface area contributed by atoms with Crippen LogP contribution in [0.2, 0.25) is 0 Å². The number of nitrogens with zero attached hydrogens (tertiary/aromatic N) is 3. The summed E-state index contributed by atoms with van der Waals surface area (Å²) in [6, 6.07) is 31.6. The molecule has 6 rings (SSSR count). The summed E-state index contributed by atoms with van der Waals surface area (Å²) < 4.78 is 2.30. The molecule has 0 radical (unpaired) electrons. The molecule has 0 amide bonds. The zero-order valence-corrected chi connectivity index (χ0v) is 15.2. The van der Waals surface area contributed by atoms with Crippen LogP contribution in [-0.4, -0.2) is 14.5 Å². The smallest absolute Gasteiger partial charge is 0.160 e. The molecule has 0 fully saturated rings. The Morgan fingerprint density at radius 3 is 2.18 bits per heavy atom. The van der Waals surface area contributed by atoms with Gasteiger partial charge in [0.15, 0.2) is 5.65 Å².